The van der Waals surface area contributed by atoms with Crippen LogP contribution in [0.25, 0.3) is 5.57 Å². The molecule has 4 aliphatic rings. The van der Waals surface area contributed by atoms with Gasteiger partial charge in [0.15, 0.2) is 5.78 Å². The Labute approximate surface area is 145 Å². The van der Waals surface area contributed by atoms with Crippen LogP contribution < -0.4 is 0 Å². The van der Waals surface area contributed by atoms with Crippen LogP contribution in [0.15, 0.2) is 17.9 Å². The van der Waals surface area contributed by atoms with Crippen molar-refractivity contribution >= 4 is 11.4 Å². The average Bonchev–Trinajstić information content (AvgIpc) is 2.88. The Balaban J connectivity index is 1.89. The van der Waals surface area contributed by atoms with Crippen LogP contribution in [0.4, 0.5) is 0 Å². The Morgan fingerprint density at radius 3 is 1.92 bits per heavy atom. The second-order valence-corrected chi connectivity index (χ2v) is 8.02. The predicted octanol–water partition coefficient (Wildman–Crippen LogP) is 5.02. The maximum Gasteiger partial charge on any atom is 0.170 e. The number of rotatable bonds is 3. The van der Waals surface area contributed by atoms with Gasteiger partial charge in [0.05, 0.1) is 5.57 Å². The third kappa shape index (κ3) is 2.11. The van der Waals surface area contributed by atoms with Crippen LogP contribution in [-0.2, 0) is 17.6 Å². The van der Waals surface area contributed by atoms with Gasteiger partial charge in [-0.1, -0.05) is 31.5 Å². The van der Waals surface area contributed by atoms with Gasteiger partial charge in [0, 0.05) is 11.8 Å². The molecule has 2 nitrogen and oxygen atoms in total. The molecule has 0 aliphatic heterocycles. The summed E-state index contributed by atoms with van der Waals surface area (Å²) in [6.45, 7) is 6.41. The molecule has 4 aliphatic carbocycles. The van der Waals surface area contributed by atoms with Crippen molar-refractivity contribution in [2.24, 2.45) is 23.7 Å². The first-order valence-corrected chi connectivity index (χ1v) is 9.66. The van der Waals surface area contributed by atoms with E-state index < -0.39 is 0 Å². The Morgan fingerprint density at radius 1 is 0.958 bits per heavy atom. The number of carbonyl (C=O) groups is 1. The molecule has 0 aromatic heterocycles. The van der Waals surface area contributed by atoms with Crippen molar-refractivity contribution in [2.75, 3.05) is 0 Å². The second kappa shape index (κ2) is 5.75. The maximum absolute atomic E-state index is 13.3. The summed E-state index contributed by atoms with van der Waals surface area (Å²) in [5.74, 6) is 1.83. The SMILES string of the molecule is CCc1cc(C)cc(CC)c1C1=C(O)[C@H]2[C@H]3CC[C@H](CC3)[C@H]2C1=O. The highest BCUT2D eigenvalue weighted by atomic mass is 16.3. The summed E-state index contributed by atoms with van der Waals surface area (Å²) in [6.07, 6.45) is 6.52. The van der Waals surface area contributed by atoms with E-state index in [2.05, 4.69) is 32.9 Å². The van der Waals surface area contributed by atoms with E-state index in [1.807, 2.05) is 0 Å². The van der Waals surface area contributed by atoms with Crippen LogP contribution >= 0.6 is 0 Å². The summed E-state index contributed by atoms with van der Waals surface area (Å²) < 4.78 is 0. The zero-order chi connectivity index (χ0) is 17.0. The minimum absolute atomic E-state index is 0.0585. The molecule has 1 N–H and O–H groups in total. The molecule has 1 aromatic rings. The summed E-state index contributed by atoms with van der Waals surface area (Å²) in [5, 5.41) is 11.1. The third-order valence-electron chi connectivity index (χ3n) is 6.80. The standard InChI is InChI=1S/C22H28O2/c1-4-13-10-12(3)11-14(5-2)17(13)20-21(23)18-15-6-7-16(9-8-15)19(18)22(20)24/h10-11,15-16,18-19,23H,4-9H2,1-3H3/t15-,16+,18-,19+/m0/s1. The number of carbonyl (C=O) groups excluding carboxylic acids is 1. The second-order valence-electron chi connectivity index (χ2n) is 8.02. The van der Waals surface area contributed by atoms with Crippen molar-refractivity contribution in [1.82, 2.24) is 0 Å². The number of ketones is 1. The molecule has 0 spiro atoms. The lowest BCUT2D eigenvalue weighted by Gasteiger charge is -2.44. The van der Waals surface area contributed by atoms with Crippen LogP contribution in [0.5, 0.6) is 0 Å². The Bertz CT molecular complexity index is 694. The topological polar surface area (TPSA) is 37.3 Å². The molecule has 2 heteroatoms. The molecule has 128 valence electrons. The fourth-order valence-corrected chi connectivity index (χ4v) is 5.75. The van der Waals surface area contributed by atoms with Crippen molar-refractivity contribution in [1.29, 1.82) is 0 Å². The maximum atomic E-state index is 13.3. The number of fused-ring (bicyclic) bond motifs is 2. The molecule has 1 aromatic carbocycles. The molecule has 0 amide bonds. The van der Waals surface area contributed by atoms with Crippen LogP contribution in [-0.4, -0.2) is 10.9 Å². The number of hydrogen-bond donors (Lipinski definition) is 1. The molecule has 0 radical (unpaired) electrons. The largest absolute Gasteiger partial charge is 0.511 e. The number of aryl methyl sites for hydroxylation is 3. The molecule has 3 saturated carbocycles. The lowest BCUT2D eigenvalue weighted by molar-refractivity contribution is -0.123. The zero-order valence-electron chi connectivity index (χ0n) is 15.1. The Kier molecular flexibility index (Phi) is 3.82. The summed E-state index contributed by atoms with van der Waals surface area (Å²) >= 11 is 0. The van der Waals surface area contributed by atoms with Crippen LogP contribution in [0.1, 0.15) is 61.8 Å². The van der Waals surface area contributed by atoms with Gasteiger partial charge in [-0.2, -0.15) is 0 Å². The summed E-state index contributed by atoms with van der Waals surface area (Å²) in [4.78, 5) is 13.3. The van der Waals surface area contributed by atoms with Crippen LogP contribution in [0.2, 0.25) is 0 Å². The van der Waals surface area contributed by atoms with Gasteiger partial charge in [0.25, 0.3) is 0 Å². The molecular weight excluding hydrogens is 296 g/mol. The number of hydrogen-bond acceptors (Lipinski definition) is 2. The first kappa shape index (κ1) is 15.9. The molecular formula is C22H28O2. The highest BCUT2D eigenvalue weighted by molar-refractivity contribution is 6.25. The van der Waals surface area contributed by atoms with E-state index in [9.17, 15) is 9.90 Å². The summed E-state index contributed by atoms with van der Waals surface area (Å²) in [6, 6.07) is 4.39. The Hall–Kier alpha value is -1.57. The average molecular weight is 324 g/mol. The molecule has 2 atom stereocenters. The lowest BCUT2D eigenvalue weighted by Crippen LogP contribution is -2.41. The van der Waals surface area contributed by atoms with Crippen LogP contribution in [0.3, 0.4) is 0 Å². The van der Waals surface area contributed by atoms with Gasteiger partial charge in [-0.15, -0.1) is 0 Å². The predicted molar refractivity (Wildman–Crippen MR) is 96.9 cm³/mol. The zero-order valence-corrected chi connectivity index (χ0v) is 15.1. The fourth-order valence-electron chi connectivity index (χ4n) is 5.75. The third-order valence-corrected chi connectivity index (χ3v) is 6.80. The molecule has 0 unspecified atom stereocenters. The first-order chi connectivity index (χ1) is 11.6. The molecule has 24 heavy (non-hydrogen) atoms. The van der Waals surface area contributed by atoms with E-state index in [0.29, 0.717) is 23.2 Å². The van der Waals surface area contributed by atoms with E-state index >= 15 is 0 Å². The van der Waals surface area contributed by atoms with Crippen molar-refractivity contribution < 1.29 is 9.90 Å². The molecule has 0 saturated heterocycles. The molecule has 0 heterocycles. The normalized spacial score (nSPS) is 31.7. The Morgan fingerprint density at radius 2 is 1.46 bits per heavy atom. The van der Waals surface area contributed by atoms with E-state index in [1.54, 1.807) is 0 Å². The van der Waals surface area contributed by atoms with Gasteiger partial charge in [0.1, 0.15) is 5.76 Å². The number of allylic oxidation sites excluding steroid dienone is 2. The van der Waals surface area contributed by atoms with E-state index in [-0.39, 0.29) is 17.6 Å². The minimum Gasteiger partial charge on any atom is -0.511 e. The number of aliphatic hydroxyl groups is 1. The van der Waals surface area contributed by atoms with Gasteiger partial charge in [-0.3, -0.25) is 4.79 Å². The summed E-state index contributed by atoms with van der Waals surface area (Å²) in [7, 11) is 0. The quantitative estimate of drug-likeness (QED) is 0.847. The number of benzene rings is 1. The van der Waals surface area contributed by atoms with Crippen molar-refractivity contribution in [3.63, 3.8) is 0 Å². The molecule has 5 rings (SSSR count). The van der Waals surface area contributed by atoms with Gasteiger partial charge in [-0.05, 0) is 74.0 Å². The smallest absolute Gasteiger partial charge is 0.170 e. The van der Waals surface area contributed by atoms with Gasteiger partial charge >= 0.3 is 0 Å². The minimum atomic E-state index is 0.0585. The van der Waals surface area contributed by atoms with Gasteiger partial charge in [-0.25, -0.2) is 0 Å². The molecule has 3 fully saturated rings. The fraction of sp³-hybridized carbons (Fsp3) is 0.591. The van der Waals surface area contributed by atoms with E-state index in [4.69, 9.17) is 0 Å². The van der Waals surface area contributed by atoms with E-state index in [1.165, 1.54) is 42.4 Å². The van der Waals surface area contributed by atoms with E-state index in [0.717, 1.165) is 18.4 Å². The van der Waals surface area contributed by atoms with Crippen molar-refractivity contribution in [2.45, 2.75) is 59.3 Å². The van der Waals surface area contributed by atoms with Gasteiger partial charge < -0.3 is 5.11 Å². The van der Waals surface area contributed by atoms with Crippen LogP contribution in [0, 0.1) is 30.6 Å². The first-order valence-electron chi connectivity index (χ1n) is 9.66. The lowest BCUT2D eigenvalue weighted by atomic mass is 9.59. The monoisotopic (exact) mass is 324 g/mol. The van der Waals surface area contributed by atoms with Gasteiger partial charge in [0.2, 0.25) is 0 Å². The number of aliphatic hydroxyl groups excluding tert-OH is 1. The highest BCUT2D eigenvalue weighted by Crippen LogP contribution is 2.57. The van der Waals surface area contributed by atoms with Crippen molar-refractivity contribution in [3.8, 4) is 0 Å². The highest BCUT2D eigenvalue weighted by Gasteiger charge is 2.54. The number of Topliss-reactive ketones (excluding diaryl/α,β-unsaturated/α-hetero) is 1. The molecule has 2 bridgehead atoms. The van der Waals surface area contributed by atoms with Crippen molar-refractivity contribution in [3.05, 3.63) is 40.1 Å². The summed E-state index contributed by atoms with van der Waals surface area (Å²) in [5.41, 5.74) is 5.41.